The van der Waals surface area contributed by atoms with Crippen molar-refractivity contribution in [2.45, 2.75) is 18.5 Å². The van der Waals surface area contributed by atoms with Gasteiger partial charge in [0.05, 0.1) is 16.3 Å². The lowest BCUT2D eigenvalue weighted by Gasteiger charge is -2.00. The first kappa shape index (κ1) is 12.5. The SMILES string of the molecule is CCn1cnc(S(=O)(=O)Nc2ncc(Br)s2)c1. The van der Waals surface area contributed by atoms with E-state index in [0.717, 1.165) is 3.79 Å². The highest BCUT2D eigenvalue weighted by Gasteiger charge is 2.18. The molecule has 0 saturated carbocycles. The van der Waals surface area contributed by atoms with Crippen LogP contribution in [0.15, 0.2) is 27.5 Å². The van der Waals surface area contributed by atoms with Crippen LogP contribution in [-0.4, -0.2) is 23.0 Å². The number of halogens is 1. The van der Waals surface area contributed by atoms with Gasteiger partial charge in [-0.1, -0.05) is 11.3 Å². The van der Waals surface area contributed by atoms with Crippen LogP contribution in [0.5, 0.6) is 0 Å². The number of aromatic nitrogens is 3. The Labute approximate surface area is 111 Å². The summed E-state index contributed by atoms with van der Waals surface area (Å²) in [6, 6.07) is 0. The molecular weight excluding hydrogens is 328 g/mol. The average molecular weight is 337 g/mol. The van der Waals surface area contributed by atoms with Crippen molar-refractivity contribution in [2.75, 3.05) is 4.72 Å². The van der Waals surface area contributed by atoms with Gasteiger partial charge in [0, 0.05) is 12.7 Å². The molecule has 0 atom stereocenters. The highest BCUT2D eigenvalue weighted by Crippen LogP contribution is 2.25. The molecule has 0 saturated heterocycles. The van der Waals surface area contributed by atoms with Crippen LogP contribution >= 0.6 is 27.3 Å². The molecule has 2 heterocycles. The third-order valence-corrected chi connectivity index (χ3v) is 4.69. The van der Waals surface area contributed by atoms with Crippen LogP contribution in [0.3, 0.4) is 0 Å². The fraction of sp³-hybridized carbons (Fsp3) is 0.250. The van der Waals surface area contributed by atoms with Gasteiger partial charge in [0.15, 0.2) is 10.2 Å². The second kappa shape index (κ2) is 4.75. The van der Waals surface area contributed by atoms with Gasteiger partial charge in [-0.2, -0.15) is 8.42 Å². The van der Waals surface area contributed by atoms with Crippen molar-refractivity contribution in [1.82, 2.24) is 14.5 Å². The lowest BCUT2D eigenvalue weighted by molar-refractivity contribution is 0.598. The molecule has 17 heavy (non-hydrogen) atoms. The molecule has 1 N–H and O–H groups in total. The normalized spacial score (nSPS) is 11.6. The van der Waals surface area contributed by atoms with Gasteiger partial charge >= 0.3 is 0 Å². The second-order valence-electron chi connectivity index (χ2n) is 3.12. The van der Waals surface area contributed by atoms with Gasteiger partial charge in [0.1, 0.15) is 0 Å². The Morgan fingerprint density at radius 3 is 2.82 bits per heavy atom. The van der Waals surface area contributed by atoms with Crippen LogP contribution in [0.25, 0.3) is 0 Å². The maximum absolute atomic E-state index is 11.9. The van der Waals surface area contributed by atoms with Crippen LogP contribution < -0.4 is 4.72 Å². The predicted octanol–water partition coefficient (Wildman–Crippen LogP) is 1.92. The van der Waals surface area contributed by atoms with Gasteiger partial charge in [-0.15, -0.1) is 0 Å². The van der Waals surface area contributed by atoms with E-state index in [0.29, 0.717) is 11.7 Å². The van der Waals surface area contributed by atoms with Crippen molar-refractivity contribution in [2.24, 2.45) is 0 Å². The smallest absolute Gasteiger partial charge is 0.282 e. The van der Waals surface area contributed by atoms with Gasteiger partial charge in [0.25, 0.3) is 10.0 Å². The number of aryl methyl sites for hydroxylation is 1. The minimum absolute atomic E-state index is 0.00864. The molecule has 0 spiro atoms. The lowest BCUT2D eigenvalue weighted by atomic mass is 10.7. The quantitative estimate of drug-likeness (QED) is 0.925. The first-order valence-corrected chi connectivity index (χ1v) is 7.76. The largest absolute Gasteiger partial charge is 0.336 e. The molecule has 2 aromatic heterocycles. The van der Waals surface area contributed by atoms with Crippen LogP contribution in [0, 0.1) is 0 Å². The molecule has 0 radical (unpaired) electrons. The van der Waals surface area contributed by atoms with E-state index in [1.165, 1.54) is 30.1 Å². The summed E-state index contributed by atoms with van der Waals surface area (Å²) < 4.78 is 28.6. The Kier molecular flexibility index (Phi) is 3.50. The summed E-state index contributed by atoms with van der Waals surface area (Å²) in [4.78, 5) is 7.74. The van der Waals surface area contributed by atoms with Gasteiger partial charge in [-0.05, 0) is 22.9 Å². The number of imidazole rings is 1. The first-order chi connectivity index (χ1) is 8.01. The second-order valence-corrected chi connectivity index (χ2v) is 7.16. The van der Waals surface area contributed by atoms with Gasteiger partial charge in [-0.3, -0.25) is 4.72 Å². The Bertz CT molecular complexity index is 619. The summed E-state index contributed by atoms with van der Waals surface area (Å²) in [5.41, 5.74) is 0. The van der Waals surface area contributed by atoms with E-state index in [1.807, 2.05) is 6.92 Å². The van der Waals surface area contributed by atoms with E-state index in [9.17, 15) is 8.42 Å². The van der Waals surface area contributed by atoms with E-state index in [1.54, 1.807) is 4.57 Å². The molecule has 2 aromatic rings. The third-order valence-electron chi connectivity index (χ3n) is 1.95. The maximum Gasteiger partial charge on any atom is 0.282 e. The standard InChI is InChI=1S/C8H9BrN4O2S2/c1-2-13-4-7(11-5-13)17(14,15)12-8-10-3-6(9)16-8/h3-5H,2H2,1H3,(H,10,12). The van der Waals surface area contributed by atoms with Crippen LogP contribution in [0.2, 0.25) is 0 Å². The number of thiazole rings is 1. The molecule has 6 nitrogen and oxygen atoms in total. The van der Waals surface area contributed by atoms with Crippen molar-refractivity contribution >= 4 is 42.4 Å². The number of rotatable bonds is 4. The fourth-order valence-corrected chi connectivity index (χ4v) is 3.42. The number of nitrogens with one attached hydrogen (secondary N) is 1. The number of sulfonamides is 1. The Morgan fingerprint density at radius 2 is 2.29 bits per heavy atom. The van der Waals surface area contributed by atoms with Crippen molar-refractivity contribution in [3.05, 3.63) is 22.5 Å². The van der Waals surface area contributed by atoms with E-state index in [-0.39, 0.29) is 5.03 Å². The highest BCUT2D eigenvalue weighted by atomic mass is 79.9. The van der Waals surface area contributed by atoms with E-state index < -0.39 is 10.0 Å². The molecule has 0 aliphatic carbocycles. The fourth-order valence-electron chi connectivity index (χ4n) is 1.12. The van der Waals surface area contributed by atoms with Gasteiger partial charge in [-0.25, -0.2) is 9.97 Å². The molecular formula is C8H9BrN4O2S2. The Morgan fingerprint density at radius 1 is 1.53 bits per heavy atom. The van der Waals surface area contributed by atoms with E-state index in [4.69, 9.17) is 0 Å². The molecule has 2 rings (SSSR count). The number of hydrogen-bond acceptors (Lipinski definition) is 5. The Balaban J connectivity index is 2.24. The molecule has 0 fully saturated rings. The topological polar surface area (TPSA) is 76.9 Å². The predicted molar refractivity (Wildman–Crippen MR) is 68.5 cm³/mol. The molecule has 0 aliphatic heterocycles. The summed E-state index contributed by atoms with van der Waals surface area (Å²) in [5, 5.41) is 0.300. The van der Waals surface area contributed by atoms with Crippen molar-refractivity contribution in [3.63, 3.8) is 0 Å². The minimum atomic E-state index is -3.64. The molecule has 0 unspecified atom stereocenters. The lowest BCUT2D eigenvalue weighted by Crippen LogP contribution is -2.13. The molecule has 0 aromatic carbocycles. The average Bonchev–Trinajstić information content (AvgIpc) is 2.86. The monoisotopic (exact) mass is 336 g/mol. The number of hydrogen-bond donors (Lipinski definition) is 1. The van der Waals surface area contributed by atoms with Crippen LogP contribution in [-0.2, 0) is 16.6 Å². The molecule has 9 heteroatoms. The first-order valence-electron chi connectivity index (χ1n) is 4.67. The molecule has 0 aliphatic rings. The summed E-state index contributed by atoms with van der Waals surface area (Å²) in [6.45, 7) is 2.58. The van der Waals surface area contributed by atoms with Gasteiger partial charge < -0.3 is 4.57 Å². The molecule has 0 bridgehead atoms. The van der Waals surface area contributed by atoms with E-state index in [2.05, 4.69) is 30.6 Å². The minimum Gasteiger partial charge on any atom is -0.336 e. The summed E-state index contributed by atoms with van der Waals surface area (Å²) in [6.07, 6.45) is 4.49. The van der Waals surface area contributed by atoms with Crippen molar-refractivity contribution in [3.8, 4) is 0 Å². The number of anilines is 1. The summed E-state index contributed by atoms with van der Waals surface area (Å²) in [7, 11) is -3.64. The zero-order chi connectivity index (χ0) is 12.5. The number of nitrogens with zero attached hydrogens (tertiary/aromatic N) is 3. The zero-order valence-corrected chi connectivity index (χ0v) is 12.0. The van der Waals surface area contributed by atoms with Crippen molar-refractivity contribution < 1.29 is 8.42 Å². The third kappa shape index (κ3) is 2.85. The summed E-state index contributed by atoms with van der Waals surface area (Å²) >= 11 is 4.42. The van der Waals surface area contributed by atoms with Crippen LogP contribution in [0.4, 0.5) is 5.13 Å². The van der Waals surface area contributed by atoms with Crippen molar-refractivity contribution in [1.29, 1.82) is 0 Å². The molecule has 92 valence electrons. The van der Waals surface area contributed by atoms with Crippen LogP contribution in [0.1, 0.15) is 6.92 Å². The van der Waals surface area contributed by atoms with E-state index >= 15 is 0 Å². The molecule has 0 amide bonds. The Hall–Kier alpha value is -0.930. The van der Waals surface area contributed by atoms with Gasteiger partial charge in [0.2, 0.25) is 0 Å². The highest BCUT2D eigenvalue weighted by molar-refractivity contribution is 9.11. The summed E-state index contributed by atoms with van der Waals surface area (Å²) in [5.74, 6) is 0. The maximum atomic E-state index is 11.9. The zero-order valence-electron chi connectivity index (χ0n) is 8.79.